The average Bonchev–Trinajstić information content (AvgIpc) is 3.52. The Labute approximate surface area is 292 Å². The lowest BCUT2D eigenvalue weighted by Gasteiger charge is -2.35. The third kappa shape index (κ3) is 8.22. The van der Waals surface area contributed by atoms with Crippen molar-refractivity contribution in [2.45, 2.75) is 58.5 Å². The van der Waals surface area contributed by atoms with E-state index in [9.17, 15) is 4.57 Å². The topological polar surface area (TPSA) is 150 Å². The van der Waals surface area contributed by atoms with Gasteiger partial charge in [0.05, 0.1) is 25.6 Å². The Morgan fingerprint density at radius 1 is 0.880 bits per heavy atom. The van der Waals surface area contributed by atoms with Gasteiger partial charge >= 0.3 is 7.60 Å². The minimum Gasteiger partial charge on any atom is -0.348 e. The molecular formula is C36H43N8O5P. The Kier molecular flexibility index (Phi) is 12.4. The third-order valence-electron chi connectivity index (χ3n) is 7.76. The first-order valence-corrected chi connectivity index (χ1v) is 18.2. The standard InChI is InChI=1S/C36H43N8O5P/c1-27(2)48-50(45,49-28(3)4)26-47-25-43-24-38-32-33(43)40-35(41-34(32)44(46-5)23-15-22-39-42-37)36(29-16-9-6-10-17-29,30-18-11-7-12-19-30)31-20-13-8-14-21-31/h6-14,16-21,24,27-28H,15,22-23,25-26H2,1-5H3. The number of hydroxylamine groups is 1. The Bertz CT molecular complexity index is 1810. The van der Waals surface area contributed by atoms with Gasteiger partial charge in [-0.15, -0.1) is 0 Å². The average molecular weight is 699 g/mol. The molecule has 0 aliphatic rings. The molecule has 14 heteroatoms. The molecule has 50 heavy (non-hydrogen) atoms. The van der Waals surface area contributed by atoms with Crippen LogP contribution in [0.4, 0.5) is 5.82 Å². The van der Waals surface area contributed by atoms with Crippen molar-refractivity contribution >= 4 is 24.6 Å². The summed E-state index contributed by atoms with van der Waals surface area (Å²) in [5.41, 5.74) is 11.7. The van der Waals surface area contributed by atoms with Crippen LogP contribution in [0.5, 0.6) is 0 Å². The van der Waals surface area contributed by atoms with E-state index in [1.165, 1.54) is 0 Å². The van der Waals surface area contributed by atoms with Gasteiger partial charge in [0.15, 0.2) is 29.2 Å². The van der Waals surface area contributed by atoms with E-state index in [4.69, 9.17) is 39.1 Å². The van der Waals surface area contributed by atoms with Crippen molar-refractivity contribution in [1.29, 1.82) is 0 Å². The number of anilines is 1. The van der Waals surface area contributed by atoms with Crippen molar-refractivity contribution in [2.24, 2.45) is 5.11 Å². The highest BCUT2D eigenvalue weighted by atomic mass is 31.2. The van der Waals surface area contributed by atoms with Gasteiger partial charge in [0.2, 0.25) is 0 Å². The lowest BCUT2D eigenvalue weighted by atomic mass is 9.68. The number of imidazole rings is 1. The summed E-state index contributed by atoms with van der Waals surface area (Å²) in [4.78, 5) is 24.0. The maximum absolute atomic E-state index is 13.5. The quantitative estimate of drug-likeness (QED) is 0.0168. The summed E-state index contributed by atoms with van der Waals surface area (Å²) in [5.74, 6) is 0.899. The van der Waals surface area contributed by atoms with Crippen molar-refractivity contribution in [3.8, 4) is 0 Å². The zero-order valence-electron chi connectivity index (χ0n) is 29.0. The van der Waals surface area contributed by atoms with E-state index in [-0.39, 0.29) is 31.8 Å². The number of azide groups is 1. The summed E-state index contributed by atoms with van der Waals surface area (Å²) >= 11 is 0. The van der Waals surface area contributed by atoms with Crippen molar-refractivity contribution in [1.82, 2.24) is 19.5 Å². The molecule has 0 bridgehead atoms. The fourth-order valence-electron chi connectivity index (χ4n) is 5.91. The number of hydrogen-bond acceptors (Lipinski definition) is 10. The summed E-state index contributed by atoms with van der Waals surface area (Å²) in [6.07, 6.45) is 1.20. The first-order chi connectivity index (χ1) is 24.2. The van der Waals surface area contributed by atoms with E-state index in [0.29, 0.717) is 35.8 Å². The molecule has 0 amide bonds. The molecule has 2 aromatic heterocycles. The van der Waals surface area contributed by atoms with Crippen molar-refractivity contribution in [3.63, 3.8) is 0 Å². The van der Waals surface area contributed by atoms with Crippen molar-refractivity contribution in [3.05, 3.63) is 130 Å². The Morgan fingerprint density at radius 3 is 1.90 bits per heavy atom. The van der Waals surface area contributed by atoms with Crippen LogP contribution in [0.1, 0.15) is 56.6 Å². The number of hydrogen-bond donors (Lipinski definition) is 0. The van der Waals surface area contributed by atoms with Crippen LogP contribution in [-0.2, 0) is 35.3 Å². The molecule has 2 heterocycles. The number of fused-ring (bicyclic) bond motifs is 1. The molecule has 0 saturated carbocycles. The first-order valence-electron chi connectivity index (χ1n) is 16.5. The highest BCUT2D eigenvalue weighted by molar-refractivity contribution is 7.53. The van der Waals surface area contributed by atoms with Crippen LogP contribution in [0, 0.1) is 0 Å². The fraction of sp³-hybridized carbons (Fsp3) is 0.361. The zero-order chi connectivity index (χ0) is 35.6. The van der Waals surface area contributed by atoms with Crippen LogP contribution < -0.4 is 5.06 Å². The van der Waals surface area contributed by atoms with E-state index >= 15 is 0 Å². The number of nitrogens with zero attached hydrogens (tertiary/aromatic N) is 8. The minimum absolute atomic E-state index is 0.0435. The minimum atomic E-state index is -3.57. The highest BCUT2D eigenvalue weighted by Gasteiger charge is 2.42. The van der Waals surface area contributed by atoms with Gasteiger partial charge in [-0.1, -0.05) is 96.1 Å². The molecule has 0 saturated heterocycles. The second-order valence-electron chi connectivity index (χ2n) is 12.1. The van der Waals surface area contributed by atoms with E-state index in [0.717, 1.165) is 16.7 Å². The summed E-state index contributed by atoms with van der Waals surface area (Å²) < 4.78 is 32.7. The molecule has 0 aliphatic heterocycles. The smallest absolute Gasteiger partial charge is 0.348 e. The number of ether oxygens (including phenoxy) is 1. The van der Waals surface area contributed by atoms with Gasteiger partial charge in [-0.05, 0) is 56.3 Å². The van der Waals surface area contributed by atoms with Crippen LogP contribution in [0.25, 0.3) is 21.6 Å². The molecule has 0 atom stereocenters. The summed E-state index contributed by atoms with van der Waals surface area (Å²) in [6.45, 7) is 7.79. The normalized spacial score (nSPS) is 12.1. The lowest BCUT2D eigenvalue weighted by molar-refractivity contribution is 0.0715. The highest BCUT2D eigenvalue weighted by Crippen LogP contribution is 2.50. The monoisotopic (exact) mass is 698 g/mol. The summed E-state index contributed by atoms with van der Waals surface area (Å²) in [5, 5.41) is 5.32. The van der Waals surface area contributed by atoms with Gasteiger partial charge in [0.1, 0.15) is 12.1 Å². The van der Waals surface area contributed by atoms with Gasteiger partial charge in [-0.2, -0.15) is 0 Å². The van der Waals surface area contributed by atoms with E-state index < -0.39 is 13.0 Å². The second-order valence-corrected chi connectivity index (χ2v) is 14.0. The number of rotatable bonds is 18. The fourth-order valence-corrected chi connectivity index (χ4v) is 7.67. The summed E-state index contributed by atoms with van der Waals surface area (Å²) in [7, 11) is -2.01. The predicted octanol–water partition coefficient (Wildman–Crippen LogP) is 8.25. The molecule has 13 nitrogen and oxygen atoms in total. The van der Waals surface area contributed by atoms with Crippen LogP contribution in [-0.4, -0.2) is 58.3 Å². The molecule has 3 aromatic carbocycles. The molecule has 0 N–H and O–H groups in total. The maximum Gasteiger partial charge on any atom is 0.356 e. The van der Waals surface area contributed by atoms with Crippen LogP contribution in [0.3, 0.4) is 0 Å². The molecule has 262 valence electrons. The van der Waals surface area contributed by atoms with Crippen molar-refractivity contribution in [2.75, 3.05) is 31.6 Å². The van der Waals surface area contributed by atoms with Crippen molar-refractivity contribution < 1.29 is 23.2 Å². The molecule has 5 rings (SSSR count). The molecule has 0 unspecified atom stereocenters. The molecule has 0 aliphatic carbocycles. The summed E-state index contributed by atoms with van der Waals surface area (Å²) in [6, 6.07) is 30.4. The lowest BCUT2D eigenvalue weighted by Crippen LogP contribution is -2.35. The number of aromatic nitrogens is 4. The predicted molar refractivity (Wildman–Crippen MR) is 193 cm³/mol. The maximum atomic E-state index is 13.5. The van der Waals surface area contributed by atoms with Gasteiger partial charge < -0.3 is 13.8 Å². The van der Waals surface area contributed by atoms with Crippen LogP contribution in [0.2, 0.25) is 0 Å². The van der Waals surface area contributed by atoms with Gasteiger partial charge in [0, 0.05) is 18.0 Å². The van der Waals surface area contributed by atoms with E-state index in [2.05, 4.69) is 46.4 Å². The van der Waals surface area contributed by atoms with Crippen LogP contribution >= 0.6 is 7.60 Å². The van der Waals surface area contributed by atoms with E-state index in [1.807, 2.05) is 54.6 Å². The van der Waals surface area contributed by atoms with Crippen LogP contribution in [0.15, 0.2) is 102 Å². The molecule has 0 fully saturated rings. The largest absolute Gasteiger partial charge is 0.356 e. The van der Waals surface area contributed by atoms with Gasteiger partial charge in [0.25, 0.3) is 0 Å². The third-order valence-corrected chi connectivity index (χ3v) is 9.75. The second kappa shape index (κ2) is 16.9. The molecule has 5 aromatic rings. The Balaban J connectivity index is 1.72. The number of benzene rings is 3. The van der Waals surface area contributed by atoms with E-state index in [1.54, 1.807) is 50.8 Å². The zero-order valence-corrected chi connectivity index (χ0v) is 29.9. The SMILES string of the molecule is CON(CCCN=[N+]=[N-])c1nc(C(c2ccccc2)(c2ccccc2)c2ccccc2)nc2c1ncn2COCP(=O)(OC(C)C)OC(C)C. The first kappa shape index (κ1) is 36.7. The molecule has 0 radical (unpaired) electrons. The molecular weight excluding hydrogens is 655 g/mol. The Hall–Kier alpha value is -4.61. The Morgan fingerprint density at radius 2 is 1.42 bits per heavy atom. The molecule has 0 spiro atoms. The van der Waals surface area contributed by atoms with Gasteiger partial charge in [-0.25, -0.2) is 20.0 Å². The van der Waals surface area contributed by atoms with Gasteiger partial charge in [-0.3, -0.25) is 14.0 Å².